The van der Waals surface area contributed by atoms with Gasteiger partial charge in [-0.15, -0.1) is 0 Å². The molecular formula is C28H39N3O3. The third-order valence-electron chi connectivity index (χ3n) is 6.50. The van der Waals surface area contributed by atoms with Crippen LogP contribution in [0.25, 0.3) is 0 Å². The molecule has 0 bridgehead atoms. The van der Waals surface area contributed by atoms with E-state index in [2.05, 4.69) is 29.4 Å². The Morgan fingerprint density at radius 1 is 1.03 bits per heavy atom. The molecule has 0 radical (unpaired) electrons. The maximum atomic E-state index is 13.0. The number of hydrogen-bond acceptors (Lipinski definition) is 4. The number of ether oxygens (including phenoxy) is 1. The zero-order chi connectivity index (χ0) is 24.3. The van der Waals surface area contributed by atoms with Crippen LogP contribution in [0.1, 0.15) is 72.2 Å². The highest BCUT2D eigenvalue weighted by atomic mass is 16.5. The van der Waals surface area contributed by atoms with Gasteiger partial charge < -0.3 is 20.3 Å². The van der Waals surface area contributed by atoms with Gasteiger partial charge in [0.1, 0.15) is 0 Å². The van der Waals surface area contributed by atoms with E-state index in [1.165, 1.54) is 24.8 Å². The number of nitrogens with zero attached hydrogens (tertiary/aromatic N) is 1. The zero-order valence-corrected chi connectivity index (χ0v) is 20.9. The predicted molar refractivity (Wildman–Crippen MR) is 139 cm³/mol. The Bertz CT molecular complexity index is 934. The quantitative estimate of drug-likeness (QED) is 0.443. The molecule has 2 amide bonds. The van der Waals surface area contributed by atoms with Gasteiger partial charge in [-0.05, 0) is 67.5 Å². The van der Waals surface area contributed by atoms with Crippen LogP contribution >= 0.6 is 0 Å². The van der Waals surface area contributed by atoms with Crippen LogP contribution in [-0.2, 0) is 11.2 Å². The molecule has 2 aromatic carbocycles. The van der Waals surface area contributed by atoms with Crippen molar-refractivity contribution in [3.63, 3.8) is 0 Å². The summed E-state index contributed by atoms with van der Waals surface area (Å²) in [5.41, 5.74) is 3.97. The van der Waals surface area contributed by atoms with E-state index in [1.807, 2.05) is 36.4 Å². The molecule has 0 saturated carbocycles. The zero-order valence-electron chi connectivity index (χ0n) is 20.9. The highest BCUT2D eigenvalue weighted by Gasteiger charge is 2.22. The minimum Gasteiger partial charge on any atom is -0.383 e. The number of amides is 2. The molecule has 0 aliphatic carbocycles. The van der Waals surface area contributed by atoms with Crippen LogP contribution in [-0.4, -0.2) is 45.2 Å². The van der Waals surface area contributed by atoms with E-state index in [0.29, 0.717) is 35.9 Å². The number of nitrogens with one attached hydrogen (secondary N) is 2. The van der Waals surface area contributed by atoms with Crippen molar-refractivity contribution in [2.45, 2.75) is 52.4 Å². The lowest BCUT2D eigenvalue weighted by molar-refractivity contribution is 0.0936. The van der Waals surface area contributed by atoms with Crippen LogP contribution in [0.3, 0.4) is 0 Å². The van der Waals surface area contributed by atoms with Crippen molar-refractivity contribution in [2.24, 2.45) is 5.92 Å². The fourth-order valence-corrected chi connectivity index (χ4v) is 4.29. The van der Waals surface area contributed by atoms with E-state index in [-0.39, 0.29) is 11.8 Å². The largest absolute Gasteiger partial charge is 0.383 e. The first-order chi connectivity index (χ1) is 16.5. The van der Waals surface area contributed by atoms with Crippen molar-refractivity contribution in [1.29, 1.82) is 0 Å². The third kappa shape index (κ3) is 7.32. The van der Waals surface area contributed by atoms with Crippen molar-refractivity contribution < 1.29 is 14.3 Å². The smallest absolute Gasteiger partial charge is 0.255 e. The summed E-state index contributed by atoms with van der Waals surface area (Å²) in [5, 5.41) is 5.89. The number of hydrogen-bond donors (Lipinski definition) is 2. The number of carbonyl (C=O) groups is 2. The standard InChI is InChI=1S/C28H39N3O3/c1-4-5-6-7-22-8-10-23(11-9-22)27(32)30-24-12-13-26(31-17-14-21(2)15-18-31)25(20-24)28(33)29-16-19-34-3/h8-13,20-21H,4-7,14-19H2,1-3H3,(H,29,33)(H,30,32). The molecular weight excluding hydrogens is 426 g/mol. The average Bonchev–Trinajstić information content (AvgIpc) is 2.85. The minimum absolute atomic E-state index is 0.154. The fourth-order valence-electron chi connectivity index (χ4n) is 4.29. The van der Waals surface area contributed by atoms with Gasteiger partial charge in [0.15, 0.2) is 0 Å². The highest BCUT2D eigenvalue weighted by Crippen LogP contribution is 2.29. The van der Waals surface area contributed by atoms with E-state index in [1.54, 1.807) is 13.2 Å². The summed E-state index contributed by atoms with van der Waals surface area (Å²) in [5.74, 6) is 0.371. The number of piperidine rings is 1. The normalized spacial score (nSPS) is 14.1. The molecule has 34 heavy (non-hydrogen) atoms. The van der Waals surface area contributed by atoms with E-state index in [4.69, 9.17) is 4.74 Å². The molecule has 3 rings (SSSR count). The first kappa shape index (κ1) is 25.8. The number of rotatable bonds is 11. The summed E-state index contributed by atoms with van der Waals surface area (Å²) < 4.78 is 5.07. The Morgan fingerprint density at radius 2 is 1.76 bits per heavy atom. The topological polar surface area (TPSA) is 70.7 Å². The number of methoxy groups -OCH3 is 1. The Balaban J connectivity index is 1.73. The Hall–Kier alpha value is -2.86. The molecule has 2 N–H and O–H groups in total. The summed E-state index contributed by atoms with van der Waals surface area (Å²) in [6, 6.07) is 13.4. The number of unbranched alkanes of at least 4 members (excludes halogenated alkanes) is 2. The summed E-state index contributed by atoms with van der Waals surface area (Å²) >= 11 is 0. The maximum Gasteiger partial charge on any atom is 0.255 e. The van der Waals surface area contributed by atoms with Gasteiger partial charge >= 0.3 is 0 Å². The van der Waals surface area contributed by atoms with E-state index in [0.717, 1.165) is 38.0 Å². The molecule has 6 heteroatoms. The molecule has 1 saturated heterocycles. The van der Waals surface area contributed by atoms with Crippen molar-refractivity contribution >= 4 is 23.2 Å². The molecule has 1 fully saturated rings. The van der Waals surface area contributed by atoms with E-state index < -0.39 is 0 Å². The molecule has 0 unspecified atom stereocenters. The minimum atomic E-state index is -0.176. The van der Waals surface area contributed by atoms with Crippen LogP contribution in [0.2, 0.25) is 0 Å². The fraction of sp³-hybridized carbons (Fsp3) is 0.500. The maximum absolute atomic E-state index is 13.0. The molecule has 1 heterocycles. The lowest BCUT2D eigenvalue weighted by Crippen LogP contribution is -2.35. The number of anilines is 2. The van der Waals surface area contributed by atoms with Gasteiger partial charge in [0.25, 0.3) is 11.8 Å². The first-order valence-corrected chi connectivity index (χ1v) is 12.6. The molecule has 1 aliphatic rings. The Morgan fingerprint density at radius 3 is 2.44 bits per heavy atom. The Kier molecular flexibility index (Phi) is 9.95. The van der Waals surface area contributed by atoms with Crippen LogP contribution in [0.5, 0.6) is 0 Å². The van der Waals surface area contributed by atoms with Crippen LogP contribution in [0, 0.1) is 5.92 Å². The summed E-state index contributed by atoms with van der Waals surface area (Å²) in [6.07, 6.45) is 6.83. The molecule has 0 aromatic heterocycles. The SMILES string of the molecule is CCCCCc1ccc(C(=O)Nc2ccc(N3CCC(C)CC3)c(C(=O)NCCOC)c2)cc1. The molecule has 0 spiro atoms. The second-order valence-electron chi connectivity index (χ2n) is 9.26. The number of carbonyl (C=O) groups excluding carboxylic acids is 2. The average molecular weight is 466 g/mol. The number of benzene rings is 2. The lowest BCUT2D eigenvalue weighted by Gasteiger charge is -2.33. The van der Waals surface area contributed by atoms with Crippen molar-refractivity contribution in [1.82, 2.24) is 5.32 Å². The predicted octanol–water partition coefficient (Wildman–Crippen LogP) is 5.28. The van der Waals surface area contributed by atoms with E-state index >= 15 is 0 Å². The van der Waals surface area contributed by atoms with E-state index in [9.17, 15) is 9.59 Å². The van der Waals surface area contributed by atoms with Gasteiger partial charge in [-0.1, -0.05) is 38.8 Å². The monoisotopic (exact) mass is 465 g/mol. The highest BCUT2D eigenvalue weighted by molar-refractivity contribution is 6.06. The summed E-state index contributed by atoms with van der Waals surface area (Å²) in [7, 11) is 1.61. The molecule has 6 nitrogen and oxygen atoms in total. The van der Waals surface area contributed by atoms with Crippen LogP contribution in [0.4, 0.5) is 11.4 Å². The van der Waals surface area contributed by atoms with Gasteiger partial charge in [-0.2, -0.15) is 0 Å². The molecule has 0 atom stereocenters. The van der Waals surface area contributed by atoms with Crippen molar-refractivity contribution in [2.75, 3.05) is 43.6 Å². The lowest BCUT2D eigenvalue weighted by atomic mass is 9.97. The molecule has 2 aromatic rings. The third-order valence-corrected chi connectivity index (χ3v) is 6.50. The molecule has 1 aliphatic heterocycles. The summed E-state index contributed by atoms with van der Waals surface area (Å²) in [4.78, 5) is 28.1. The second kappa shape index (κ2) is 13.1. The van der Waals surface area contributed by atoms with Gasteiger partial charge in [-0.3, -0.25) is 9.59 Å². The molecule has 184 valence electrons. The summed E-state index contributed by atoms with van der Waals surface area (Å²) in [6.45, 7) is 7.21. The van der Waals surface area contributed by atoms with Gasteiger partial charge in [0.05, 0.1) is 12.2 Å². The van der Waals surface area contributed by atoms with Crippen LogP contribution < -0.4 is 15.5 Å². The Labute approximate surface area is 204 Å². The first-order valence-electron chi connectivity index (χ1n) is 12.6. The van der Waals surface area contributed by atoms with Crippen molar-refractivity contribution in [3.05, 3.63) is 59.2 Å². The number of aryl methyl sites for hydroxylation is 1. The van der Waals surface area contributed by atoms with Crippen molar-refractivity contribution in [3.8, 4) is 0 Å². The van der Waals surface area contributed by atoms with Gasteiger partial charge in [0, 0.05) is 43.7 Å². The van der Waals surface area contributed by atoms with Gasteiger partial charge in [0.2, 0.25) is 0 Å². The van der Waals surface area contributed by atoms with Crippen LogP contribution in [0.15, 0.2) is 42.5 Å². The second-order valence-corrected chi connectivity index (χ2v) is 9.26. The van der Waals surface area contributed by atoms with Gasteiger partial charge in [-0.25, -0.2) is 0 Å².